The van der Waals surface area contributed by atoms with Gasteiger partial charge in [0.15, 0.2) is 0 Å². The van der Waals surface area contributed by atoms with Crippen LogP contribution in [-0.4, -0.2) is 33.8 Å². The topological polar surface area (TPSA) is 109 Å². The van der Waals surface area contributed by atoms with Crippen molar-refractivity contribution in [2.45, 2.75) is 13.8 Å². The molecule has 3 N–H and O–H groups in total. The molecule has 0 saturated heterocycles. The van der Waals surface area contributed by atoms with Gasteiger partial charge in [-0.05, 0) is 26.0 Å². The molecule has 0 atom stereocenters. The van der Waals surface area contributed by atoms with Crippen LogP contribution in [0.4, 0.5) is 26.1 Å². The van der Waals surface area contributed by atoms with Crippen LogP contribution in [0.15, 0.2) is 36.5 Å². The zero-order valence-corrected chi connectivity index (χ0v) is 16.4. The predicted octanol–water partition coefficient (Wildman–Crippen LogP) is 3.12. The first kappa shape index (κ1) is 20.8. The van der Waals surface area contributed by atoms with Crippen molar-refractivity contribution < 1.29 is 18.4 Å². The van der Waals surface area contributed by atoms with Gasteiger partial charge in [0.1, 0.15) is 34.7 Å². The van der Waals surface area contributed by atoms with Gasteiger partial charge in [0.2, 0.25) is 0 Å². The lowest BCUT2D eigenvalue weighted by Gasteiger charge is -2.13. The third-order valence-electron chi connectivity index (χ3n) is 4.04. The number of carbonyl (C=O) groups excluding carboxylic acids is 2. The van der Waals surface area contributed by atoms with E-state index in [9.17, 15) is 18.4 Å². The first-order valence-electron chi connectivity index (χ1n) is 8.85. The Hall–Kier alpha value is -3.95. The minimum absolute atomic E-state index is 0.0157. The van der Waals surface area contributed by atoms with Crippen LogP contribution in [0.5, 0.6) is 0 Å². The number of pyridine rings is 1. The average Bonchev–Trinajstić information content (AvgIpc) is 2.66. The van der Waals surface area contributed by atoms with Crippen LogP contribution in [0.3, 0.4) is 0 Å². The molecule has 154 valence electrons. The number of nitrogens with zero attached hydrogens (tertiary/aromatic N) is 3. The second kappa shape index (κ2) is 8.60. The molecule has 8 nitrogen and oxygen atoms in total. The normalized spacial score (nSPS) is 10.4. The third-order valence-corrected chi connectivity index (χ3v) is 4.04. The number of benzene rings is 1. The highest BCUT2D eigenvalue weighted by molar-refractivity contribution is 6.09. The summed E-state index contributed by atoms with van der Waals surface area (Å²) in [5.41, 5.74) is 0.00876. The lowest BCUT2D eigenvalue weighted by Crippen LogP contribution is -2.23. The van der Waals surface area contributed by atoms with Crippen molar-refractivity contribution in [3.05, 3.63) is 70.8 Å². The number of anilines is 3. The molecule has 0 bridgehead atoms. The largest absolute Gasteiger partial charge is 0.355 e. The fraction of sp³-hybridized carbons (Fsp3) is 0.150. The van der Waals surface area contributed by atoms with Crippen LogP contribution < -0.4 is 16.0 Å². The maximum Gasteiger partial charge on any atom is 0.261 e. The van der Waals surface area contributed by atoms with E-state index in [4.69, 9.17) is 0 Å². The molecule has 30 heavy (non-hydrogen) atoms. The molecule has 0 aliphatic rings. The van der Waals surface area contributed by atoms with Gasteiger partial charge in [-0.3, -0.25) is 9.59 Å². The Morgan fingerprint density at radius 1 is 0.967 bits per heavy atom. The molecule has 1 aromatic carbocycles. The first-order chi connectivity index (χ1) is 14.3. The number of nitrogens with one attached hydrogen (secondary N) is 3. The van der Waals surface area contributed by atoms with E-state index in [1.807, 2.05) is 0 Å². The van der Waals surface area contributed by atoms with Crippen LogP contribution in [0.25, 0.3) is 0 Å². The van der Waals surface area contributed by atoms with E-state index in [2.05, 4.69) is 30.9 Å². The molecular formula is C20H18F2N6O2. The van der Waals surface area contributed by atoms with Crippen molar-refractivity contribution in [3.63, 3.8) is 0 Å². The number of amides is 2. The molecule has 2 amide bonds. The standard InChI is InChI=1S/C20H18F2N6O2/c1-10-7-17(26-11(2)25-10)28-16-8-15(12(9-24-16)19(29)23-3)27-20(30)18-13(21)5-4-6-14(18)22/h4-9H,1-3H3,(H,23,29)(H2,24,25,26,27,28,30). The van der Waals surface area contributed by atoms with Crippen LogP contribution in [0, 0.1) is 25.5 Å². The number of aromatic nitrogens is 3. The lowest BCUT2D eigenvalue weighted by molar-refractivity contribution is 0.0963. The van der Waals surface area contributed by atoms with Crippen LogP contribution in [0.1, 0.15) is 32.2 Å². The van der Waals surface area contributed by atoms with Gasteiger partial charge in [-0.25, -0.2) is 23.7 Å². The Labute approximate surface area is 170 Å². The minimum atomic E-state index is -1.04. The summed E-state index contributed by atoms with van der Waals surface area (Å²) in [6.07, 6.45) is 1.23. The van der Waals surface area contributed by atoms with E-state index in [0.29, 0.717) is 11.6 Å². The fourth-order valence-electron chi connectivity index (χ4n) is 2.75. The summed E-state index contributed by atoms with van der Waals surface area (Å²) in [4.78, 5) is 37.2. The Kier molecular flexibility index (Phi) is 5.95. The van der Waals surface area contributed by atoms with E-state index >= 15 is 0 Å². The molecule has 0 aliphatic carbocycles. The Morgan fingerprint density at radius 2 is 1.67 bits per heavy atom. The van der Waals surface area contributed by atoms with E-state index in [1.54, 1.807) is 19.9 Å². The number of hydrogen-bond donors (Lipinski definition) is 3. The number of hydrogen-bond acceptors (Lipinski definition) is 6. The lowest BCUT2D eigenvalue weighted by atomic mass is 10.1. The summed E-state index contributed by atoms with van der Waals surface area (Å²) in [6.45, 7) is 3.53. The van der Waals surface area contributed by atoms with Gasteiger partial charge in [0.25, 0.3) is 11.8 Å². The van der Waals surface area contributed by atoms with Gasteiger partial charge in [-0.15, -0.1) is 0 Å². The maximum absolute atomic E-state index is 14.0. The monoisotopic (exact) mass is 412 g/mol. The molecule has 10 heteroatoms. The Balaban J connectivity index is 1.97. The molecule has 3 rings (SSSR count). The van der Waals surface area contributed by atoms with Gasteiger partial charge in [-0.1, -0.05) is 6.07 Å². The van der Waals surface area contributed by atoms with Gasteiger partial charge < -0.3 is 16.0 Å². The SMILES string of the molecule is CNC(=O)c1cnc(Nc2cc(C)nc(C)n2)cc1NC(=O)c1c(F)cccc1F. The smallest absolute Gasteiger partial charge is 0.261 e. The summed E-state index contributed by atoms with van der Waals surface area (Å²) in [5, 5.41) is 7.75. The second-order valence-electron chi connectivity index (χ2n) is 6.31. The molecule has 2 aromatic heterocycles. The number of rotatable bonds is 5. The second-order valence-corrected chi connectivity index (χ2v) is 6.31. The molecule has 3 aromatic rings. The van der Waals surface area contributed by atoms with Crippen molar-refractivity contribution in [2.75, 3.05) is 17.7 Å². The van der Waals surface area contributed by atoms with Crippen molar-refractivity contribution in [1.29, 1.82) is 0 Å². The molecule has 0 spiro atoms. The zero-order chi connectivity index (χ0) is 21.8. The molecule has 0 unspecified atom stereocenters. The average molecular weight is 412 g/mol. The first-order valence-corrected chi connectivity index (χ1v) is 8.85. The predicted molar refractivity (Wildman–Crippen MR) is 107 cm³/mol. The summed E-state index contributed by atoms with van der Waals surface area (Å²) >= 11 is 0. The highest BCUT2D eigenvalue weighted by Crippen LogP contribution is 2.23. The Morgan fingerprint density at radius 3 is 2.30 bits per heavy atom. The van der Waals surface area contributed by atoms with E-state index in [-0.39, 0.29) is 17.1 Å². The van der Waals surface area contributed by atoms with E-state index < -0.39 is 29.0 Å². The zero-order valence-electron chi connectivity index (χ0n) is 16.4. The summed E-state index contributed by atoms with van der Waals surface area (Å²) in [7, 11) is 1.41. The maximum atomic E-state index is 14.0. The van der Waals surface area contributed by atoms with Gasteiger partial charge >= 0.3 is 0 Å². The molecule has 0 aliphatic heterocycles. The highest BCUT2D eigenvalue weighted by atomic mass is 19.1. The highest BCUT2D eigenvalue weighted by Gasteiger charge is 2.20. The van der Waals surface area contributed by atoms with E-state index in [0.717, 1.165) is 23.9 Å². The summed E-state index contributed by atoms with van der Waals surface area (Å²) < 4.78 is 27.9. The van der Waals surface area contributed by atoms with E-state index in [1.165, 1.54) is 19.3 Å². The molecule has 0 radical (unpaired) electrons. The number of halogens is 2. The van der Waals surface area contributed by atoms with Crippen LogP contribution in [-0.2, 0) is 0 Å². The molecule has 0 saturated carbocycles. The minimum Gasteiger partial charge on any atom is -0.355 e. The van der Waals surface area contributed by atoms with Crippen molar-refractivity contribution >= 4 is 29.1 Å². The molecule has 0 fully saturated rings. The third kappa shape index (κ3) is 4.54. The summed E-state index contributed by atoms with van der Waals surface area (Å²) in [6, 6.07) is 6.15. The number of aryl methyl sites for hydroxylation is 2. The van der Waals surface area contributed by atoms with Crippen molar-refractivity contribution in [3.8, 4) is 0 Å². The number of carbonyl (C=O) groups is 2. The molecular weight excluding hydrogens is 394 g/mol. The van der Waals surface area contributed by atoms with Crippen LogP contribution in [0.2, 0.25) is 0 Å². The Bertz CT molecular complexity index is 1100. The van der Waals surface area contributed by atoms with Gasteiger partial charge in [0, 0.05) is 31.1 Å². The van der Waals surface area contributed by atoms with Gasteiger partial charge in [-0.2, -0.15) is 0 Å². The molecule has 2 heterocycles. The summed E-state index contributed by atoms with van der Waals surface area (Å²) in [5.74, 6) is -2.36. The quantitative estimate of drug-likeness (QED) is 0.594. The van der Waals surface area contributed by atoms with Gasteiger partial charge in [0.05, 0.1) is 11.3 Å². The van der Waals surface area contributed by atoms with Crippen molar-refractivity contribution in [1.82, 2.24) is 20.3 Å². The van der Waals surface area contributed by atoms with Crippen molar-refractivity contribution in [2.24, 2.45) is 0 Å². The fourth-order valence-corrected chi connectivity index (χ4v) is 2.75. The van der Waals surface area contributed by atoms with Crippen LogP contribution >= 0.6 is 0 Å².